The molecule has 0 radical (unpaired) electrons. The number of carbonyl (C=O) groups excluding carboxylic acids is 1. The average molecular weight is 361 g/mol. The van der Waals surface area contributed by atoms with Gasteiger partial charge < -0.3 is 0 Å². The quantitative estimate of drug-likeness (QED) is 0.502. The highest BCUT2D eigenvalue weighted by Gasteiger charge is 2.24. The van der Waals surface area contributed by atoms with Crippen LogP contribution in [0.1, 0.15) is 64.0 Å². The molecule has 142 valence electrons. The molecule has 27 heavy (non-hydrogen) atoms. The summed E-state index contributed by atoms with van der Waals surface area (Å²) >= 11 is 0. The minimum atomic E-state index is 0.338. The second kappa shape index (κ2) is 8.69. The van der Waals surface area contributed by atoms with Gasteiger partial charge in [-0.05, 0) is 47.0 Å². The molecule has 0 aromatic heterocycles. The van der Waals surface area contributed by atoms with Crippen LogP contribution in [-0.2, 0) is 11.2 Å². The number of Topliss-reactive ketones (excluding diaryl/α,β-unsaturated/α-hetero) is 1. The summed E-state index contributed by atoms with van der Waals surface area (Å²) < 4.78 is 0. The monoisotopic (exact) mass is 360 g/mol. The summed E-state index contributed by atoms with van der Waals surface area (Å²) in [6.07, 6.45) is 14.6. The maximum absolute atomic E-state index is 12.5. The lowest BCUT2D eigenvalue weighted by Crippen LogP contribution is -2.08. The summed E-state index contributed by atoms with van der Waals surface area (Å²) in [6, 6.07) is 8.52. The Bertz CT molecular complexity index is 799. The lowest BCUT2D eigenvalue weighted by Gasteiger charge is -2.18. The Morgan fingerprint density at radius 3 is 2.44 bits per heavy atom. The van der Waals surface area contributed by atoms with Gasteiger partial charge >= 0.3 is 0 Å². The molecule has 3 rings (SSSR count). The first-order chi connectivity index (χ1) is 13.0. The van der Waals surface area contributed by atoms with E-state index in [1.54, 1.807) is 0 Å². The van der Waals surface area contributed by atoms with Crippen molar-refractivity contribution >= 4 is 5.78 Å². The molecule has 1 heteroatoms. The van der Waals surface area contributed by atoms with Crippen LogP contribution in [-0.4, -0.2) is 5.78 Å². The Kier molecular flexibility index (Phi) is 6.31. The number of carbonyl (C=O) groups is 1. The summed E-state index contributed by atoms with van der Waals surface area (Å²) in [4.78, 5) is 12.5. The fourth-order valence-corrected chi connectivity index (χ4v) is 4.13. The maximum atomic E-state index is 12.5. The largest absolute Gasteiger partial charge is 0.299 e. The van der Waals surface area contributed by atoms with Crippen molar-refractivity contribution in [2.45, 2.75) is 59.3 Å². The molecule has 1 nitrogen and oxygen atoms in total. The van der Waals surface area contributed by atoms with Crippen molar-refractivity contribution < 1.29 is 4.79 Å². The summed E-state index contributed by atoms with van der Waals surface area (Å²) in [5, 5.41) is 0. The molecule has 2 unspecified atom stereocenters. The van der Waals surface area contributed by atoms with Crippen LogP contribution in [0.25, 0.3) is 0 Å². The average Bonchev–Trinajstić information content (AvgIpc) is 3.25. The van der Waals surface area contributed by atoms with Gasteiger partial charge in [-0.15, -0.1) is 0 Å². The van der Waals surface area contributed by atoms with Gasteiger partial charge in [-0.1, -0.05) is 87.9 Å². The number of hydrogen-bond acceptors (Lipinski definition) is 1. The second-order valence-corrected chi connectivity index (χ2v) is 8.28. The molecule has 1 aromatic carbocycles. The predicted molar refractivity (Wildman–Crippen MR) is 115 cm³/mol. The van der Waals surface area contributed by atoms with Gasteiger partial charge in [-0.2, -0.15) is 0 Å². The zero-order valence-electron chi connectivity index (χ0n) is 17.2. The zero-order chi connectivity index (χ0) is 19.4. The Morgan fingerprint density at radius 1 is 1.11 bits per heavy atom. The van der Waals surface area contributed by atoms with Gasteiger partial charge in [-0.25, -0.2) is 0 Å². The van der Waals surface area contributed by atoms with Crippen molar-refractivity contribution in [3.8, 4) is 0 Å². The van der Waals surface area contributed by atoms with E-state index in [0.717, 1.165) is 18.4 Å². The molecule has 2 aliphatic carbocycles. The SMILES string of the molecule is CCC1C(CCC(=O)Cc2ccc(C(C)C)cc2)=CC=C1C1=CC(C)C=C1. The second-order valence-electron chi connectivity index (χ2n) is 8.28. The highest BCUT2D eigenvalue weighted by molar-refractivity contribution is 5.81. The highest BCUT2D eigenvalue weighted by Crippen LogP contribution is 2.39. The van der Waals surface area contributed by atoms with E-state index in [1.165, 1.54) is 22.3 Å². The number of allylic oxidation sites excluding steroid dienone is 8. The molecule has 2 atom stereocenters. The van der Waals surface area contributed by atoms with E-state index in [0.29, 0.717) is 36.4 Å². The molecular formula is C26H32O. The first kappa shape index (κ1) is 19.6. The zero-order valence-corrected chi connectivity index (χ0v) is 17.2. The van der Waals surface area contributed by atoms with Gasteiger partial charge in [0, 0.05) is 18.8 Å². The minimum Gasteiger partial charge on any atom is -0.299 e. The van der Waals surface area contributed by atoms with E-state index in [2.05, 4.69) is 82.3 Å². The highest BCUT2D eigenvalue weighted by atomic mass is 16.1. The van der Waals surface area contributed by atoms with Crippen LogP contribution in [0.5, 0.6) is 0 Å². The van der Waals surface area contributed by atoms with E-state index in [9.17, 15) is 4.79 Å². The smallest absolute Gasteiger partial charge is 0.137 e. The van der Waals surface area contributed by atoms with Crippen LogP contribution in [0.3, 0.4) is 0 Å². The van der Waals surface area contributed by atoms with Crippen molar-refractivity contribution in [3.05, 3.63) is 82.5 Å². The molecule has 0 amide bonds. The lowest BCUT2D eigenvalue weighted by atomic mass is 9.86. The predicted octanol–water partition coefficient (Wildman–Crippen LogP) is 6.73. The number of rotatable bonds is 8. The van der Waals surface area contributed by atoms with E-state index >= 15 is 0 Å². The first-order valence-corrected chi connectivity index (χ1v) is 10.4. The molecule has 0 saturated carbocycles. The molecule has 2 aliphatic rings. The van der Waals surface area contributed by atoms with Crippen LogP contribution in [0, 0.1) is 11.8 Å². The molecule has 0 bridgehead atoms. The molecule has 0 heterocycles. The third-order valence-corrected chi connectivity index (χ3v) is 5.80. The fraction of sp³-hybridized carbons (Fsp3) is 0.423. The van der Waals surface area contributed by atoms with E-state index in [-0.39, 0.29) is 0 Å². The first-order valence-electron chi connectivity index (χ1n) is 10.4. The maximum Gasteiger partial charge on any atom is 0.137 e. The number of hydrogen-bond donors (Lipinski definition) is 0. The van der Waals surface area contributed by atoms with Crippen molar-refractivity contribution in [2.24, 2.45) is 11.8 Å². The Labute approximate surface area is 164 Å². The fourth-order valence-electron chi connectivity index (χ4n) is 4.13. The van der Waals surface area contributed by atoms with Gasteiger partial charge in [0.15, 0.2) is 0 Å². The van der Waals surface area contributed by atoms with Crippen molar-refractivity contribution in [3.63, 3.8) is 0 Å². The molecule has 0 aliphatic heterocycles. The third kappa shape index (κ3) is 4.77. The molecule has 0 fully saturated rings. The van der Waals surface area contributed by atoms with Crippen molar-refractivity contribution in [1.29, 1.82) is 0 Å². The van der Waals surface area contributed by atoms with Crippen LogP contribution >= 0.6 is 0 Å². The molecule has 0 spiro atoms. The minimum absolute atomic E-state index is 0.338. The normalized spacial score (nSPS) is 21.4. The van der Waals surface area contributed by atoms with Gasteiger partial charge in [0.1, 0.15) is 5.78 Å². The summed E-state index contributed by atoms with van der Waals surface area (Å²) in [5.41, 5.74) is 6.69. The van der Waals surface area contributed by atoms with Crippen LogP contribution in [0.2, 0.25) is 0 Å². The van der Waals surface area contributed by atoms with Crippen LogP contribution < -0.4 is 0 Å². The van der Waals surface area contributed by atoms with E-state index < -0.39 is 0 Å². The van der Waals surface area contributed by atoms with E-state index in [1.807, 2.05) is 0 Å². The van der Waals surface area contributed by atoms with Gasteiger partial charge in [0.05, 0.1) is 0 Å². The van der Waals surface area contributed by atoms with Crippen molar-refractivity contribution in [1.82, 2.24) is 0 Å². The van der Waals surface area contributed by atoms with Gasteiger partial charge in [-0.3, -0.25) is 4.79 Å². The Morgan fingerprint density at radius 2 is 1.85 bits per heavy atom. The topological polar surface area (TPSA) is 17.1 Å². The van der Waals surface area contributed by atoms with Crippen LogP contribution in [0.4, 0.5) is 0 Å². The molecule has 0 N–H and O–H groups in total. The van der Waals surface area contributed by atoms with Crippen LogP contribution in [0.15, 0.2) is 71.4 Å². The molecule has 1 aromatic rings. The van der Waals surface area contributed by atoms with Gasteiger partial charge in [0.25, 0.3) is 0 Å². The van der Waals surface area contributed by atoms with E-state index in [4.69, 9.17) is 0 Å². The number of benzene rings is 1. The summed E-state index contributed by atoms with van der Waals surface area (Å²) in [6.45, 7) is 8.86. The van der Waals surface area contributed by atoms with Crippen molar-refractivity contribution in [2.75, 3.05) is 0 Å². The molecule has 0 saturated heterocycles. The standard InChI is InChI=1S/C26H32O/c1-5-25-22(13-15-26(25)23-9-6-19(4)16-23)12-14-24(27)17-20-7-10-21(11-8-20)18(2)3/h6-11,13,15-16,18-19,25H,5,12,14,17H2,1-4H3. The number of ketones is 1. The molecular weight excluding hydrogens is 328 g/mol. The Hall–Kier alpha value is -2.15. The summed E-state index contributed by atoms with van der Waals surface area (Å²) in [5.74, 6) is 1.88. The third-order valence-electron chi connectivity index (χ3n) is 5.80. The Balaban J connectivity index is 1.53. The van der Waals surface area contributed by atoms with Gasteiger partial charge in [0.2, 0.25) is 0 Å². The lowest BCUT2D eigenvalue weighted by molar-refractivity contribution is -0.118. The summed E-state index contributed by atoms with van der Waals surface area (Å²) in [7, 11) is 0.